The zero-order valence-corrected chi connectivity index (χ0v) is 34.6. The van der Waals surface area contributed by atoms with Crippen LogP contribution in [-0.2, 0) is 14.8 Å². The third kappa shape index (κ3) is 46.6. The van der Waals surface area contributed by atoms with Crippen LogP contribution in [0.4, 0.5) is 0 Å². The van der Waals surface area contributed by atoms with Crippen molar-refractivity contribution in [1.82, 2.24) is 0 Å². The van der Waals surface area contributed by atoms with Gasteiger partial charge in [0.1, 0.15) is 0 Å². The van der Waals surface area contributed by atoms with Gasteiger partial charge in [-0.2, -0.15) is 0 Å². The molecule has 0 aliphatic carbocycles. The van der Waals surface area contributed by atoms with Gasteiger partial charge >= 0.3 is 25.0 Å². The molecule has 0 radical (unpaired) electrons. The van der Waals surface area contributed by atoms with E-state index in [-0.39, 0.29) is 0 Å². The molecular weight excluding hydrogens is 620 g/mol. The van der Waals surface area contributed by atoms with Crippen molar-refractivity contribution in [2.75, 3.05) is 55.5 Å². The molecule has 0 amide bonds. The van der Waals surface area contributed by atoms with Crippen molar-refractivity contribution in [3.8, 4) is 0 Å². The summed E-state index contributed by atoms with van der Waals surface area (Å²) in [5, 5.41) is 0. The monoisotopic (exact) mass is 700 g/mol. The molecule has 0 aromatic heterocycles. The first-order chi connectivity index (χ1) is 20.0. The van der Waals surface area contributed by atoms with E-state index in [2.05, 4.69) is 87.3 Å². The van der Waals surface area contributed by atoms with E-state index in [0.717, 1.165) is 0 Å². The van der Waals surface area contributed by atoms with Crippen LogP contribution in [0.2, 0.25) is 0 Å². The van der Waals surface area contributed by atoms with Crippen molar-refractivity contribution >= 4 is 33.9 Å². The van der Waals surface area contributed by atoms with Gasteiger partial charge < -0.3 is 0 Å². The predicted molar refractivity (Wildman–Crippen MR) is 205 cm³/mol. The van der Waals surface area contributed by atoms with Gasteiger partial charge in [0.05, 0.1) is 0 Å². The first-order valence-corrected chi connectivity index (χ1v) is 25.5. The summed E-state index contributed by atoms with van der Waals surface area (Å²) in [5.41, 5.74) is 0. The number of halogens is 1. The number of hydrogen-bond donors (Lipinski definition) is 0. The van der Waals surface area contributed by atoms with Crippen LogP contribution in [0.15, 0.2) is 0 Å². The van der Waals surface area contributed by atoms with Crippen LogP contribution in [0.3, 0.4) is 0 Å². The minimum atomic E-state index is 0.422. The van der Waals surface area contributed by atoms with Gasteiger partial charge in [0, 0.05) is 0 Å². The molecule has 0 aromatic rings. The fourth-order valence-electron chi connectivity index (χ4n) is 4.44. The predicted octanol–water partition coefficient (Wildman–Crippen LogP) is 15.3. The molecule has 256 valence electrons. The van der Waals surface area contributed by atoms with E-state index in [0.29, 0.717) is 23.8 Å². The molecule has 0 spiro atoms. The molecule has 0 bridgehead atoms. The fraction of sp³-hybridized carbons (Fsp3) is 1.00. The molecule has 0 unspecified atom stereocenters. The van der Waals surface area contributed by atoms with Crippen molar-refractivity contribution in [3.63, 3.8) is 0 Å². The summed E-state index contributed by atoms with van der Waals surface area (Å²) >= 11 is 3.03. The third-order valence-corrected chi connectivity index (χ3v) is 16.0. The zero-order valence-electron chi connectivity index (χ0n) is 30.1. The molecule has 0 atom stereocenters. The summed E-state index contributed by atoms with van der Waals surface area (Å²) in [7, 11) is 5.59. The van der Waals surface area contributed by atoms with Crippen LogP contribution >= 0.6 is 33.9 Å². The molecule has 0 N–H and O–H groups in total. The van der Waals surface area contributed by atoms with E-state index in [4.69, 9.17) is 0 Å². The van der Waals surface area contributed by atoms with E-state index in [1.165, 1.54) is 116 Å². The van der Waals surface area contributed by atoms with Crippen LogP contribution < -0.4 is 0 Å². The van der Waals surface area contributed by atoms with Crippen LogP contribution in [0.5, 0.6) is 0 Å². The molecule has 41 heavy (non-hydrogen) atoms. The molecule has 0 saturated heterocycles. The van der Waals surface area contributed by atoms with E-state index in [1.54, 1.807) is 55.5 Å². The van der Waals surface area contributed by atoms with Gasteiger partial charge in [-0.25, -0.2) is 0 Å². The normalized spacial score (nSPS) is 10.7. The summed E-state index contributed by atoms with van der Waals surface area (Å²) in [5.74, 6) is 0. The Kier molecular flexibility index (Phi) is 59.7. The third-order valence-electron chi connectivity index (χ3n) is 7.45. The summed E-state index contributed by atoms with van der Waals surface area (Å²) in [6.07, 6.45) is 39.6. The second kappa shape index (κ2) is 49.0. The van der Waals surface area contributed by atoms with Crippen LogP contribution in [-0.4, -0.2) is 55.5 Å². The van der Waals surface area contributed by atoms with Gasteiger partial charge in [-0.3, -0.25) is 0 Å². The molecule has 0 aliphatic rings. The van der Waals surface area contributed by atoms with E-state index < -0.39 is 0 Å². The second-order valence-corrected chi connectivity index (χ2v) is 19.8. The van der Waals surface area contributed by atoms with Crippen LogP contribution in [0.1, 0.15) is 178 Å². The maximum atomic E-state index is 4.33. The standard InChI is InChI=1S/3C12H27P.ClH.Co/c3*1-4-7-10-13(11-8-5-2)12-9-6-3;;/h3*4-12H2,1-3H3;1H;/q;;;;+1/p-1. The van der Waals surface area contributed by atoms with Crippen molar-refractivity contribution in [2.24, 2.45) is 0 Å². The Bertz CT molecular complexity index is 287. The summed E-state index contributed by atoms with van der Waals surface area (Å²) in [6.45, 7) is 20.8. The van der Waals surface area contributed by atoms with Gasteiger partial charge in [-0.05, 0) is 113 Å². The van der Waals surface area contributed by atoms with Gasteiger partial charge in [0.25, 0.3) is 0 Å². The van der Waals surface area contributed by atoms with Gasteiger partial charge in [-0.1, -0.05) is 120 Å². The fourth-order valence-corrected chi connectivity index (χ4v) is 13.3. The molecular formula is C36H81ClCoP3. The summed E-state index contributed by atoms with van der Waals surface area (Å²) < 4.78 is 0. The Morgan fingerprint density at radius 2 is 0.366 bits per heavy atom. The van der Waals surface area contributed by atoms with Crippen molar-refractivity contribution in [3.05, 3.63) is 0 Å². The quantitative estimate of drug-likeness (QED) is 0.0748. The van der Waals surface area contributed by atoms with E-state index in [1.807, 2.05) is 0 Å². The second-order valence-electron chi connectivity index (χ2n) is 11.7. The van der Waals surface area contributed by atoms with Crippen molar-refractivity contribution in [2.45, 2.75) is 178 Å². The number of unbranched alkanes of at least 4 members (excludes halogenated alkanes) is 9. The molecule has 0 heterocycles. The topological polar surface area (TPSA) is 0 Å². The first kappa shape index (κ1) is 50.0. The number of rotatable bonds is 27. The molecule has 0 aromatic carbocycles. The molecule has 5 heteroatoms. The number of hydrogen-bond acceptors (Lipinski definition) is 0. The van der Waals surface area contributed by atoms with Crippen LogP contribution in [0.25, 0.3) is 0 Å². The SMILES string of the molecule is CCCCP(CCCC)CCCC.CCCCP(CCCC)CCCC.CCCCP(CCCC)CCCC.[Cl][Co]. The molecule has 0 saturated carbocycles. The van der Waals surface area contributed by atoms with Crippen molar-refractivity contribution < 1.29 is 14.8 Å². The maximum absolute atomic E-state index is 4.33. The summed E-state index contributed by atoms with van der Waals surface area (Å²) in [4.78, 5) is 0. The van der Waals surface area contributed by atoms with Crippen molar-refractivity contribution in [1.29, 1.82) is 0 Å². The van der Waals surface area contributed by atoms with Gasteiger partial charge in [0.15, 0.2) is 0 Å². The van der Waals surface area contributed by atoms with Crippen LogP contribution in [0, 0.1) is 0 Å². The Labute approximate surface area is 280 Å². The molecule has 0 nitrogen and oxygen atoms in total. The average Bonchev–Trinajstić information content (AvgIpc) is 3.01. The Morgan fingerprint density at radius 3 is 0.439 bits per heavy atom. The Hall–Kier alpha value is 2.09. The minimum absolute atomic E-state index is 0.422. The Balaban J connectivity index is -0.000000243. The van der Waals surface area contributed by atoms with E-state index >= 15 is 0 Å². The molecule has 0 fully saturated rings. The zero-order chi connectivity index (χ0) is 31.8. The van der Waals surface area contributed by atoms with E-state index in [9.17, 15) is 0 Å². The van der Waals surface area contributed by atoms with Gasteiger partial charge in [0.2, 0.25) is 0 Å². The average molecular weight is 701 g/mol. The van der Waals surface area contributed by atoms with Gasteiger partial charge in [-0.15, -0.1) is 23.8 Å². The molecule has 0 rings (SSSR count). The molecule has 0 aliphatic heterocycles. The first-order valence-electron chi connectivity index (χ1n) is 18.3. The Morgan fingerprint density at radius 1 is 0.268 bits per heavy atom. The summed E-state index contributed by atoms with van der Waals surface area (Å²) in [6, 6.07) is 0.